The number of aliphatic hydroxyl groups is 6. The van der Waals surface area contributed by atoms with Crippen LogP contribution in [0.2, 0.25) is 0 Å². The SMILES string of the molecule is OC[C@@H](O)[C@@H](O)[C@H](O)[C@@H](O)CO.[Na]. The van der Waals surface area contributed by atoms with Crippen molar-refractivity contribution in [3.8, 4) is 0 Å². The summed E-state index contributed by atoms with van der Waals surface area (Å²) in [5.41, 5.74) is 0. The van der Waals surface area contributed by atoms with Gasteiger partial charge in [-0.3, -0.25) is 0 Å². The first-order chi connectivity index (χ1) is 5.54. The van der Waals surface area contributed by atoms with Crippen LogP contribution in [-0.2, 0) is 0 Å². The average Bonchev–Trinajstić information content (AvgIpc) is 2.12. The van der Waals surface area contributed by atoms with Crippen LogP contribution in [0.15, 0.2) is 0 Å². The van der Waals surface area contributed by atoms with Gasteiger partial charge in [0.25, 0.3) is 0 Å². The fraction of sp³-hybridized carbons (Fsp3) is 1.00. The summed E-state index contributed by atoms with van der Waals surface area (Å²) >= 11 is 0. The molecule has 1 radical (unpaired) electrons. The smallest absolute Gasteiger partial charge is 0.111 e. The van der Waals surface area contributed by atoms with Crippen LogP contribution < -0.4 is 0 Å². The van der Waals surface area contributed by atoms with Gasteiger partial charge in [-0.15, -0.1) is 0 Å². The molecule has 0 bridgehead atoms. The maximum absolute atomic E-state index is 8.96. The zero-order valence-electron chi connectivity index (χ0n) is 7.41. The number of rotatable bonds is 5. The minimum Gasteiger partial charge on any atom is -0.394 e. The molecule has 0 fully saturated rings. The van der Waals surface area contributed by atoms with Gasteiger partial charge in [-0.2, -0.15) is 0 Å². The van der Waals surface area contributed by atoms with Gasteiger partial charge in [-0.1, -0.05) is 0 Å². The van der Waals surface area contributed by atoms with Gasteiger partial charge in [0.1, 0.15) is 24.4 Å². The van der Waals surface area contributed by atoms with E-state index in [-0.39, 0.29) is 29.6 Å². The summed E-state index contributed by atoms with van der Waals surface area (Å²) in [5.74, 6) is 0. The summed E-state index contributed by atoms with van der Waals surface area (Å²) < 4.78 is 0. The topological polar surface area (TPSA) is 121 Å². The Morgan fingerprint density at radius 2 is 0.923 bits per heavy atom. The van der Waals surface area contributed by atoms with Gasteiger partial charge in [0.2, 0.25) is 0 Å². The van der Waals surface area contributed by atoms with Crippen molar-refractivity contribution in [2.24, 2.45) is 0 Å². The molecule has 75 valence electrons. The Hall–Kier alpha value is 0.760. The molecule has 0 spiro atoms. The summed E-state index contributed by atoms with van der Waals surface area (Å²) in [5, 5.41) is 52.2. The minimum absolute atomic E-state index is 0. The fourth-order valence-electron chi connectivity index (χ4n) is 0.671. The van der Waals surface area contributed by atoms with Gasteiger partial charge < -0.3 is 30.6 Å². The molecular weight excluding hydrogens is 191 g/mol. The molecule has 0 aromatic rings. The van der Waals surface area contributed by atoms with Gasteiger partial charge in [-0.25, -0.2) is 0 Å². The van der Waals surface area contributed by atoms with Crippen LogP contribution in [-0.4, -0.2) is 97.8 Å². The molecule has 0 aromatic heterocycles. The molecule has 0 unspecified atom stereocenters. The van der Waals surface area contributed by atoms with Crippen LogP contribution in [0.1, 0.15) is 0 Å². The van der Waals surface area contributed by atoms with E-state index in [4.69, 9.17) is 30.6 Å². The molecule has 7 heteroatoms. The molecule has 0 amide bonds. The van der Waals surface area contributed by atoms with Gasteiger partial charge in [0, 0.05) is 29.6 Å². The van der Waals surface area contributed by atoms with Crippen molar-refractivity contribution in [2.75, 3.05) is 13.2 Å². The average molecular weight is 205 g/mol. The van der Waals surface area contributed by atoms with Crippen molar-refractivity contribution >= 4 is 29.6 Å². The summed E-state index contributed by atoms with van der Waals surface area (Å²) in [6, 6.07) is 0. The molecular formula is C6H14NaO6. The standard InChI is InChI=1S/C6H14O6.Na/c7-1-3(9)5(11)6(12)4(10)2-8;/h3-12H,1-2H2;/t3-,4+,5-,6-;/m1./s1. The second-order valence-electron chi connectivity index (χ2n) is 2.48. The van der Waals surface area contributed by atoms with Crippen LogP contribution in [0.3, 0.4) is 0 Å². The van der Waals surface area contributed by atoms with Crippen LogP contribution in [0.25, 0.3) is 0 Å². The Balaban J connectivity index is 0. The van der Waals surface area contributed by atoms with E-state index in [1.165, 1.54) is 0 Å². The van der Waals surface area contributed by atoms with Crippen LogP contribution in [0.4, 0.5) is 0 Å². The first kappa shape index (κ1) is 16.2. The monoisotopic (exact) mass is 205 g/mol. The summed E-state index contributed by atoms with van der Waals surface area (Å²) in [4.78, 5) is 0. The maximum Gasteiger partial charge on any atom is 0.111 e. The van der Waals surface area contributed by atoms with Crippen LogP contribution in [0, 0.1) is 0 Å². The van der Waals surface area contributed by atoms with E-state index >= 15 is 0 Å². The molecule has 0 aromatic carbocycles. The quantitative estimate of drug-likeness (QED) is 0.255. The predicted molar refractivity (Wildman–Crippen MR) is 44.0 cm³/mol. The van der Waals surface area contributed by atoms with E-state index in [0.29, 0.717) is 0 Å². The van der Waals surface area contributed by atoms with Crippen LogP contribution >= 0.6 is 0 Å². The van der Waals surface area contributed by atoms with Crippen molar-refractivity contribution in [3.05, 3.63) is 0 Å². The Labute approximate surface area is 97.7 Å². The van der Waals surface area contributed by atoms with E-state index in [0.717, 1.165) is 0 Å². The molecule has 0 aliphatic heterocycles. The Morgan fingerprint density at radius 1 is 0.692 bits per heavy atom. The second kappa shape index (κ2) is 8.10. The largest absolute Gasteiger partial charge is 0.394 e. The van der Waals surface area contributed by atoms with Crippen molar-refractivity contribution in [3.63, 3.8) is 0 Å². The van der Waals surface area contributed by atoms with Crippen molar-refractivity contribution in [1.29, 1.82) is 0 Å². The van der Waals surface area contributed by atoms with Gasteiger partial charge in [0.15, 0.2) is 0 Å². The van der Waals surface area contributed by atoms with Crippen molar-refractivity contribution in [2.45, 2.75) is 24.4 Å². The molecule has 6 N–H and O–H groups in total. The van der Waals surface area contributed by atoms with E-state index in [1.54, 1.807) is 0 Å². The number of hydrogen-bond acceptors (Lipinski definition) is 6. The Kier molecular flexibility index (Phi) is 10.1. The molecule has 0 aliphatic rings. The van der Waals surface area contributed by atoms with E-state index in [2.05, 4.69) is 0 Å². The predicted octanol–water partition coefficient (Wildman–Crippen LogP) is -3.97. The molecule has 0 saturated carbocycles. The number of aliphatic hydroxyl groups excluding tert-OH is 6. The van der Waals surface area contributed by atoms with Crippen LogP contribution in [0.5, 0.6) is 0 Å². The molecule has 4 atom stereocenters. The van der Waals surface area contributed by atoms with Gasteiger partial charge >= 0.3 is 0 Å². The minimum atomic E-state index is -1.67. The Bertz CT molecular complexity index is 110. The zero-order valence-corrected chi connectivity index (χ0v) is 9.41. The number of hydrogen-bond donors (Lipinski definition) is 6. The van der Waals surface area contributed by atoms with Crippen molar-refractivity contribution in [1.82, 2.24) is 0 Å². The molecule has 0 aliphatic carbocycles. The van der Waals surface area contributed by atoms with Gasteiger partial charge in [0.05, 0.1) is 13.2 Å². The first-order valence-electron chi connectivity index (χ1n) is 3.48. The van der Waals surface area contributed by atoms with E-state index < -0.39 is 37.6 Å². The molecule has 0 heterocycles. The van der Waals surface area contributed by atoms with Crippen molar-refractivity contribution < 1.29 is 30.6 Å². The summed E-state index contributed by atoms with van der Waals surface area (Å²) in [7, 11) is 0. The third-order valence-electron chi connectivity index (χ3n) is 1.51. The first-order valence-corrected chi connectivity index (χ1v) is 3.48. The fourth-order valence-corrected chi connectivity index (χ4v) is 0.671. The molecule has 6 nitrogen and oxygen atoms in total. The Morgan fingerprint density at radius 3 is 1.08 bits per heavy atom. The maximum atomic E-state index is 8.96. The van der Waals surface area contributed by atoms with E-state index in [1.807, 2.05) is 0 Å². The molecule has 0 rings (SSSR count). The van der Waals surface area contributed by atoms with Gasteiger partial charge in [-0.05, 0) is 0 Å². The summed E-state index contributed by atoms with van der Waals surface area (Å²) in [6.07, 6.45) is -6.39. The molecule has 0 saturated heterocycles. The third kappa shape index (κ3) is 5.26. The normalized spacial score (nSPS) is 19.8. The third-order valence-corrected chi connectivity index (χ3v) is 1.51. The van der Waals surface area contributed by atoms with E-state index in [9.17, 15) is 0 Å². The second-order valence-corrected chi connectivity index (χ2v) is 2.48. The zero-order chi connectivity index (χ0) is 9.72. The summed E-state index contributed by atoms with van der Waals surface area (Å²) in [6.45, 7) is -1.45. The molecule has 13 heavy (non-hydrogen) atoms.